The Balaban J connectivity index is 1.54. The largest absolute Gasteiger partial charge is 0.497 e. The molecule has 0 aliphatic carbocycles. The topological polar surface area (TPSA) is 85.4 Å². The van der Waals surface area contributed by atoms with Gasteiger partial charge in [0.25, 0.3) is 0 Å². The van der Waals surface area contributed by atoms with E-state index in [-0.39, 0.29) is 42.7 Å². The molecular weight excluding hydrogens is 489 g/mol. The molecule has 2 saturated heterocycles. The molecule has 0 spiro atoms. The van der Waals surface area contributed by atoms with E-state index in [1.54, 1.807) is 46.1 Å². The Hall–Kier alpha value is -3.66. The molecule has 10 heteroatoms. The van der Waals surface area contributed by atoms with E-state index in [1.807, 2.05) is 38.1 Å². The number of ether oxygens (including phenoxy) is 1. The van der Waals surface area contributed by atoms with Crippen molar-refractivity contribution in [1.82, 2.24) is 25.1 Å². The second-order valence-corrected chi connectivity index (χ2v) is 10.3. The van der Waals surface area contributed by atoms with Gasteiger partial charge in [-0.3, -0.25) is 9.59 Å². The molecule has 38 heavy (non-hydrogen) atoms. The monoisotopic (exact) mass is 525 g/mol. The average Bonchev–Trinajstić information content (AvgIpc) is 2.89. The number of hydrogen-bond acceptors (Lipinski definition) is 5. The first kappa shape index (κ1) is 27.4. The van der Waals surface area contributed by atoms with Crippen molar-refractivity contribution in [2.45, 2.75) is 45.4 Å². The van der Waals surface area contributed by atoms with Crippen molar-refractivity contribution < 1.29 is 23.5 Å². The summed E-state index contributed by atoms with van der Waals surface area (Å²) < 4.78 is 18.5. The van der Waals surface area contributed by atoms with E-state index in [0.717, 1.165) is 16.9 Å². The molecule has 4 rings (SSSR count). The fourth-order valence-electron chi connectivity index (χ4n) is 5.10. The molecule has 2 fully saturated rings. The molecule has 0 bridgehead atoms. The van der Waals surface area contributed by atoms with Crippen molar-refractivity contribution in [3.8, 4) is 5.75 Å². The smallest absolute Gasteiger partial charge is 0.334 e. The van der Waals surface area contributed by atoms with Crippen molar-refractivity contribution in [3.05, 3.63) is 65.5 Å². The van der Waals surface area contributed by atoms with E-state index in [4.69, 9.17) is 4.74 Å². The fourth-order valence-corrected chi connectivity index (χ4v) is 5.10. The van der Waals surface area contributed by atoms with Gasteiger partial charge in [0.15, 0.2) is 0 Å². The normalized spacial score (nSPS) is 20.1. The number of halogens is 1. The third kappa shape index (κ3) is 6.07. The Morgan fingerprint density at radius 3 is 2.37 bits per heavy atom. The third-order valence-corrected chi connectivity index (χ3v) is 7.03. The number of rotatable bonds is 8. The number of benzene rings is 2. The van der Waals surface area contributed by atoms with Crippen LogP contribution in [-0.2, 0) is 22.6 Å². The Morgan fingerprint density at radius 2 is 1.74 bits per heavy atom. The van der Waals surface area contributed by atoms with Gasteiger partial charge in [0, 0.05) is 20.1 Å². The minimum absolute atomic E-state index is 0.00388. The van der Waals surface area contributed by atoms with Gasteiger partial charge in [-0.2, -0.15) is 0 Å². The number of hydrogen-bond donors (Lipinski definition) is 1. The second kappa shape index (κ2) is 11.8. The van der Waals surface area contributed by atoms with Crippen LogP contribution in [0, 0.1) is 11.7 Å². The highest BCUT2D eigenvalue weighted by atomic mass is 19.1. The summed E-state index contributed by atoms with van der Waals surface area (Å²) in [5, 5.41) is 6.13. The number of nitrogens with zero attached hydrogens (tertiary/aromatic N) is 4. The number of nitrogens with one attached hydrogen (secondary N) is 1. The van der Waals surface area contributed by atoms with Gasteiger partial charge in [-0.1, -0.05) is 38.1 Å². The number of likely N-dealkylation sites (N-methyl/N-ethyl adjacent to an activating group) is 1. The first-order chi connectivity index (χ1) is 18.2. The highest BCUT2D eigenvalue weighted by molar-refractivity contribution is 5.91. The summed E-state index contributed by atoms with van der Waals surface area (Å²) in [5.74, 6) is 0.304. The number of carbonyl (C=O) groups is 3. The molecule has 9 nitrogen and oxygen atoms in total. The van der Waals surface area contributed by atoms with Crippen LogP contribution in [0.1, 0.15) is 31.4 Å². The molecule has 0 radical (unpaired) electrons. The predicted octanol–water partition coefficient (Wildman–Crippen LogP) is 2.86. The fraction of sp³-hybridized carbons (Fsp3) is 0.464. The van der Waals surface area contributed by atoms with Crippen LogP contribution in [0.25, 0.3) is 0 Å². The van der Waals surface area contributed by atoms with Crippen LogP contribution < -0.4 is 10.1 Å². The molecular formula is C28H36FN5O4. The highest BCUT2D eigenvalue weighted by Gasteiger charge is 2.50. The minimum atomic E-state index is -0.653. The van der Waals surface area contributed by atoms with E-state index >= 15 is 0 Å². The van der Waals surface area contributed by atoms with Gasteiger partial charge in [0.1, 0.15) is 23.8 Å². The molecule has 0 unspecified atom stereocenters. The van der Waals surface area contributed by atoms with E-state index in [1.165, 1.54) is 12.1 Å². The molecule has 2 aliphatic heterocycles. The van der Waals surface area contributed by atoms with Gasteiger partial charge in [-0.15, -0.1) is 0 Å². The zero-order chi connectivity index (χ0) is 27.4. The average molecular weight is 526 g/mol. The lowest BCUT2D eigenvalue weighted by molar-refractivity contribution is -0.187. The quantitative estimate of drug-likeness (QED) is 0.573. The van der Waals surface area contributed by atoms with E-state index in [0.29, 0.717) is 25.9 Å². The van der Waals surface area contributed by atoms with Gasteiger partial charge >= 0.3 is 6.03 Å². The lowest BCUT2D eigenvalue weighted by Gasteiger charge is -2.54. The molecule has 2 aromatic rings. The third-order valence-electron chi connectivity index (χ3n) is 7.03. The maximum atomic E-state index is 13.6. The summed E-state index contributed by atoms with van der Waals surface area (Å²) in [7, 11) is 3.30. The predicted molar refractivity (Wildman–Crippen MR) is 140 cm³/mol. The maximum absolute atomic E-state index is 13.6. The van der Waals surface area contributed by atoms with Crippen molar-refractivity contribution in [2.24, 2.45) is 5.92 Å². The van der Waals surface area contributed by atoms with E-state index in [9.17, 15) is 18.8 Å². The summed E-state index contributed by atoms with van der Waals surface area (Å²) in [5.41, 5.74) is 1.82. The van der Waals surface area contributed by atoms with Crippen molar-refractivity contribution >= 4 is 17.8 Å². The minimum Gasteiger partial charge on any atom is -0.497 e. The van der Waals surface area contributed by atoms with Crippen LogP contribution >= 0.6 is 0 Å². The number of piperazine rings is 1. The SMILES string of the molecule is COc1ccc(CNC(=O)N2[C@H]3CN(CCc4ccc(F)cc4)C(=O)[C@H](CC(C)C)N3C(=O)CN2C)cc1. The van der Waals surface area contributed by atoms with E-state index in [2.05, 4.69) is 5.32 Å². The van der Waals surface area contributed by atoms with Crippen molar-refractivity contribution in [2.75, 3.05) is 33.8 Å². The van der Waals surface area contributed by atoms with Gasteiger partial charge in [-0.25, -0.2) is 19.2 Å². The molecule has 2 heterocycles. The highest BCUT2D eigenvalue weighted by Crippen LogP contribution is 2.29. The molecule has 204 valence electrons. The van der Waals surface area contributed by atoms with Crippen LogP contribution in [0.3, 0.4) is 0 Å². The first-order valence-corrected chi connectivity index (χ1v) is 12.9. The number of carbonyl (C=O) groups excluding carboxylic acids is 3. The van der Waals surface area contributed by atoms with Gasteiger partial charge in [-0.05, 0) is 54.2 Å². The Morgan fingerprint density at radius 1 is 1.08 bits per heavy atom. The number of methoxy groups -OCH3 is 1. The van der Waals surface area contributed by atoms with Crippen LogP contribution in [-0.4, -0.2) is 83.7 Å². The molecule has 1 N–H and O–H groups in total. The standard InChI is InChI=1S/C28H36FN5O4/c1-19(2)15-24-27(36)32(14-13-20-5-9-22(29)10-6-20)17-25-33(24)26(35)18-31(3)34(25)28(37)30-16-21-7-11-23(38-4)12-8-21/h5-12,19,24-25H,13-18H2,1-4H3,(H,30,37)/t24-,25-/m0/s1. The molecule has 0 saturated carbocycles. The van der Waals surface area contributed by atoms with E-state index < -0.39 is 12.2 Å². The van der Waals surface area contributed by atoms with Crippen LogP contribution in [0.2, 0.25) is 0 Å². The van der Waals surface area contributed by atoms with Gasteiger partial charge in [0.2, 0.25) is 11.8 Å². The van der Waals surface area contributed by atoms with Crippen LogP contribution in [0.4, 0.5) is 9.18 Å². The number of urea groups is 1. The summed E-state index contributed by atoms with van der Waals surface area (Å²) in [6.07, 6.45) is 0.409. The lowest BCUT2D eigenvalue weighted by Crippen LogP contribution is -2.76. The zero-order valence-electron chi connectivity index (χ0n) is 22.4. The van der Waals surface area contributed by atoms with Gasteiger partial charge < -0.3 is 19.9 Å². The number of hydrazine groups is 1. The lowest BCUT2D eigenvalue weighted by atomic mass is 9.96. The van der Waals surface area contributed by atoms with Crippen LogP contribution in [0.5, 0.6) is 5.75 Å². The summed E-state index contributed by atoms with van der Waals surface area (Å²) in [4.78, 5) is 43.6. The Labute approximate surface area is 223 Å². The maximum Gasteiger partial charge on any atom is 0.334 e. The van der Waals surface area contributed by atoms with Crippen LogP contribution in [0.15, 0.2) is 48.5 Å². The van der Waals surface area contributed by atoms with Crippen molar-refractivity contribution in [3.63, 3.8) is 0 Å². The molecule has 0 aromatic heterocycles. The summed E-state index contributed by atoms with van der Waals surface area (Å²) in [6, 6.07) is 12.6. The second-order valence-electron chi connectivity index (χ2n) is 10.3. The summed E-state index contributed by atoms with van der Waals surface area (Å²) in [6.45, 7) is 4.93. The molecule has 2 atom stereocenters. The van der Waals surface area contributed by atoms with Crippen molar-refractivity contribution in [1.29, 1.82) is 0 Å². The molecule has 4 amide bonds. The molecule has 2 aliphatic rings. The Kier molecular flexibility index (Phi) is 8.51. The Bertz CT molecular complexity index is 1140. The number of fused-ring (bicyclic) bond motifs is 1. The zero-order valence-corrected chi connectivity index (χ0v) is 22.4. The van der Waals surface area contributed by atoms with Gasteiger partial charge in [0.05, 0.1) is 20.2 Å². The first-order valence-electron chi connectivity index (χ1n) is 12.9. The number of amides is 4. The molecule has 2 aromatic carbocycles. The summed E-state index contributed by atoms with van der Waals surface area (Å²) >= 11 is 0.